The van der Waals surface area contributed by atoms with Crippen molar-refractivity contribution in [3.8, 4) is 0 Å². The van der Waals surface area contributed by atoms with Gasteiger partial charge in [0.05, 0.1) is 10.7 Å². The lowest BCUT2D eigenvalue weighted by atomic mass is 10.1. The molecule has 88 valence electrons. The molecule has 0 aliphatic carbocycles. The van der Waals surface area contributed by atoms with Crippen LogP contribution in [0.4, 0.5) is 0 Å². The average molecular weight is 287 g/mol. The van der Waals surface area contributed by atoms with Gasteiger partial charge in [-0.25, -0.2) is 0 Å². The van der Waals surface area contributed by atoms with Gasteiger partial charge in [-0.3, -0.25) is 9.48 Å². The van der Waals surface area contributed by atoms with Crippen LogP contribution in [0, 0.1) is 0 Å². The van der Waals surface area contributed by atoms with Gasteiger partial charge in [0.15, 0.2) is 0 Å². The van der Waals surface area contributed by atoms with Crippen LogP contribution in [-0.4, -0.2) is 39.7 Å². The van der Waals surface area contributed by atoms with Gasteiger partial charge in [-0.2, -0.15) is 5.10 Å². The molecule has 1 fully saturated rings. The Balaban J connectivity index is 2.14. The first kappa shape index (κ1) is 11.6. The molecule has 0 aromatic carbocycles. The summed E-state index contributed by atoms with van der Waals surface area (Å²) in [5.41, 5.74) is 6.42. The SMILES string of the molecule is Cn1ncc(Br)c1C(=O)N1CCC(N)CC1. The average Bonchev–Trinajstić information content (AvgIpc) is 2.59. The molecular weight excluding hydrogens is 272 g/mol. The second kappa shape index (κ2) is 4.55. The maximum Gasteiger partial charge on any atom is 0.273 e. The van der Waals surface area contributed by atoms with E-state index in [4.69, 9.17) is 5.73 Å². The normalized spacial score (nSPS) is 17.8. The minimum atomic E-state index is 0.0266. The Hall–Kier alpha value is -0.880. The van der Waals surface area contributed by atoms with E-state index < -0.39 is 0 Å². The maximum atomic E-state index is 12.2. The Kier molecular flexibility index (Phi) is 3.30. The molecule has 1 aliphatic rings. The quantitative estimate of drug-likeness (QED) is 0.829. The van der Waals surface area contributed by atoms with Crippen LogP contribution in [0.2, 0.25) is 0 Å². The Bertz CT molecular complexity index is 376. The van der Waals surface area contributed by atoms with E-state index in [2.05, 4.69) is 21.0 Å². The summed E-state index contributed by atoms with van der Waals surface area (Å²) in [7, 11) is 1.77. The van der Waals surface area contributed by atoms with Gasteiger partial charge >= 0.3 is 0 Å². The number of likely N-dealkylation sites (tertiary alicyclic amines) is 1. The van der Waals surface area contributed by atoms with Gasteiger partial charge < -0.3 is 10.6 Å². The van der Waals surface area contributed by atoms with Crippen LogP contribution in [-0.2, 0) is 7.05 Å². The highest BCUT2D eigenvalue weighted by Crippen LogP contribution is 2.19. The summed E-state index contributed by atoms with van der Waals surface area (Å²) in [6, 6.07) is 0.235. The van der Waals surface area contributed by atoms with Gasteiger partial charge in [0.25, 0.3) is 5.91 Å². The largest absolute Gasteiger partial charge is 0.337 e. The molecule has 0 spiro atoms. The molecular formula is C10H15BrN4O. The highest BCUT2D eigenvalue weighted by atomic mass is 79.9. The van der Waals surface area contributed by atoms with Crippen molar-refractivity contribution in [1.29, 1.82) is 0 Å². The smallest absolute Gasteiger partial charge is 0.273 e. The zero-order chi connectivity index (χ0) is 11.7. The highest BCUT2D eigenvalue weighted by Gasteiger charge is 2.25. The molecule has 2 heterocycles. The molecule has 16 heavy (non-hydrogen) atoms. The van der Waals surface area contributed by atoms with Crippen LogP contribution < -0.4 is 5.73 Å². The molecule has 2 rings (SSSR count). The predicted molar refractivity (Wildman–Crippen MR) is 64.0 cm³/mol. The van der Waals surface area contributed by atoms with Crippen LogP contribution in [0.5, 0.6) is 0 Å². The molecule has 5 nitrogen and oxygen atoms in total. The molecule has 2 N–H and O–H groups in total. The Morgan fingerprint density at radius 2 is 2.19 bits per heavy atom. The fraction of sp³-hybridized carbons (Fsp3) is 0.600. The summed E-state index contributed by atoms with van der Waals surface area (Å²) in [6.45, 7) is 1.47. The van der Waals surface area contributed by atoms with Crippen molar-refractivity contribution in [2.75, 3.05) is 13.1 Å². The number of hydrogen-bond donors (Lipinski definition) is 1. The van der Waals surface area contributed by atoms with E-state index in [1.807, 2.05) is 4.90 Å². The van der Waals surface area contributed by atoms with Gasteiger partial charge in [0.1, 0.15) is 5.69 Å². The van der Waals surface area contributed by atoms with Crippen LogP contribution in [0.25, 0.3) is 0 Å². The predicted octanol–water partition coefficient (Wildman–Crippen LogP) is 0.746. The van der Waals surface area contributed by atoms with E-state index in [0.29, 0.717) is 5.69 Å². The summed E-state index contributed by atoms with van der Waals surface area (Å²) in [6.07, 6.45) is 3.39. The van der Waals surface area contributed by atoms with Crippen molar-refractivity contribution < 1.29 is 4.79 Å². The summed E-state index contributed by atoms with van der Waals surface area (Å²) in [4.78, 5) is 14.0. The van der Waals surface area contributed by atoms with Gasteiger partial charge in [-0.15, -0.1) is 0 Å². The summed E-state index contributed by atoms with van der Waals surface area (Å²) < 4.78 is 2.34. The molecule has 0 bridgehead atoms. The van der Waals surface area contributed by atoms with Crippen molar-refractivity contribution in [3.63, 3.8) is 0 Å². The monoisotopic (exact) mass is 286 g/mol. The Morgan fingerprint density at radius 3 is 2.69 bits per heavy atom. The molecule has 1 aliphatic heterocycles. The van der Waals surface area contributed by atoms with Crippen molar-refractivity contribution in [3.05, 3.63) is 16.4 Å². The molecule has 0 saturated carbocycles. The lowest BCUT2D eigenvalue weighted by Gasteiger charge is -2.30. The van der Waals surface area contributed by atoms with E-state index in [9.17, 15) is 4.79 Å². The lowest BCUT2D eigenvalue weighted by Crippen LogP contribution is -2.43. The van der Waals surface area contributed by atoms with Crippen molar-refractivity contribution >= 4 is 21.8 Å². The van der Waals surface area contributed by atoms with E-state index in [1.165, 1.54) is 0 Å². The van der Waals surface area contributed by atoms with Crippen LogP contribution in [0.15, 0.2) is 10.7 Å². The highest BCUT2D eigenvalue weighted by molar-refractivity contribution is 9.10. The molecule has 1 amide bonds. The number of carbonyl (C=O) groups is 1. The molecule has 1 aromatic rings. The molecule has 1 aromatic heterocycles. The zero-order valence-corrected chi connectivity index (χ0v) is 10.8. The number of aromatic nitrogens is 2. The third-order valence-electron chi connectivity index (χ3n) is 2.92. The molecule has 6 heteroatoms. The number of nitrogens with two attached hydrogens (primary N) is 1. The standard InChI is InChI=1S/C10H15BrN4O/c1-14-9(8(11)6-13-14)10(16)15-4-2-7(12)3-5-15/h6-7H,2-5,12H2,1H3. The van der Waals surface area contributed by atoms with E-state index in [1.54, 1.807) is 17.9 Å². The third kappa shape index (κ3) is 2.12. The van der Waals surface area contributed by atoms with E-state index in [-0.39, 0.29) is 11.9 Å². The topological polar surface area (TPSA) is 64.2 Å². The van der Waals surface area contributed by atoms with Gasteiger partial charge in [0.2, 0.25) is 0 Å². The molecule has 1 saturated heterocycles. The summed E-state index contributed by atoms with van der Waals surface area (Å²) in [5.74, 6) is 0.0266. The third-order valence-corrected chi connectivity index (χ3v) is 3.50. The number of amides is 1. The van der Waals surface area contributed by atoms with Crippen molar-refractivity contribution in [2.24, 2.45) is 12.8 Å². The van der Waals surface area contributed by atoms with E-state index >= 15 is 0 Å². The minimum Gasteiger partial charge on any atom is -0.337 e. The van der Waals surface area contributed by atoms with Gasteiger partial charge in [-0.1, -0.05) is 0 Å². The van der Waals surface area contributed by atoms with Gasteiger partial charge in [0, 0.05) is 26.2 Å². The summed E-state index contributed by atoms with van der Waals surface area (Å²) in [5, 5.41) is 4.04. The molecule has 0 atom stereocenters. The van der Waals surface area contributed by atoms with Gasteiger partial charge in [-0.05, 0) is 28.8 Å². The Morgan fingerprint density at radius 1 is 1.56 bits per heavy atom. The first-order chi connectivity index (χ1) is 7.59. The van der Waals surface area contributed by atoms with Crippen molar-refractivity contribution in [2.45, 2.75) is 18.9 Å². The molecule has 0 radical (unpaired) electrons. The number of rotatable bonds is 1. The number of piperidine rings is 1. The number of aryl methyl sites for hydroxylation is 1. The Labute approximate surface area is 103 Å². The first-order valence-corrected chi connectivity index (χ1v) is 6.11. The van der Waals surface area contributed by atoms with E-state index in [0.717, 1.165) is 30.4 Å². The fourth-order valence-corrected chi connectivity index (χ4v) is 2.42. The fourth-order valence-electron chi connectivity index (χ4n) is 1.90. The number of hydrogen-bond acceptors (Lipinski definition) is 3. The number of halogens is 1. The second-order valence-electron chi connectivity index (χ2n) is 4.09. The lowest BCUT2D eigenvalue weighted by molar-refractivity contribution is 0.0702. The second-order valence-corrected chi connectivity index (χ2v) is 4.95. The summed E-state index contributed by atoms with van der Waals surface area (Å²) >= 11 is 3.34. The van der Waals surface area contributed by atoms with Crippen LogP contribution >= 0.6 is 15.9 Å². The van der Waals surface area contributed by atoms with Crippen LogP contribution in [0.3, 0.4) is 0 Å². The van der Waals surface area contributed by atoms with Crippen LogP contribution in [0.1, 0.15) is 23.3 Å². The number of carbonyl (C=O) groups excluding carboxylic acids is 1. The minimum absolute atomic E-state index is 0.0266. The van der Waals surface area contributed by atoms with Crippen molar-refractivity contribution in [1.82, 2.24) is 14.7 Å². The molecule has 0 unspecified atom stereocenters. The first-order valence-electron chi connectivity index (χ1n) is 5.32. The zero-order valence-electron chi connectivity index (χ0n) is 9.19. The number of nitrogens with zero attached hydrogens (tertiary/aromatic N) is 3. The maximum absolute atomic E-state index is 12.2.